The van der Waals surface area contributed by atoms with E-state index >= 15 is 0 Å². The molecule has 70 valence electrons. The van der Waals surface area contributed by atoms with Crippen molar-refractivity contribution in [2.24, 2.45) is 0 Å². The molecule has 0 radical (unpaired) electrons. The maximum absolute atomic E-state index is 5.33. The molecule has 2 fully saturated rings. The van der Waals surface area contributed by atoms with E-state index in [1.54, 1.807) is 0 Å². The van der Waals surface area contributed by atoms with Crippen LogP contribution in [0.4, 0.5) is 0 Å². The van der Waals surface area contributed by atoms with Gasteiger partial charge < -0.3 is 10.1 Å². The van der Waals surface area contributed by atoms with Gasteiger partial charge in [-0.3, -0.25) is 4.90 Å². The van der Waals surface area contributed by atoms with E-state index in [-0.39, 0.29) is 0 Å². The Bertz CT molecular complexity index is 145. The zero-order valence-corrected chi connectivity index (χ0v) is 7.75. The number of hydrogen-bond acceptors (Lipinski definition) is 3. The summed E-state index contributed by atoms with van der Waals surface area (Å²) in [5, 5.41) is 3.48. The van der Waals surface area contributed by atoms with Gasteiger partial charge in [0.15, 0.2) is 0 Å². The van der Waals surface area contributed by atoms with Crippen LogP contribution < -0.4 is 5.32 Å². The van der Waals surface area contributed by atoms with Gasteiger partial charge in [0.1, 0.15) is 0 Å². The van der Waals surface area contributed by atoms with Crippen LogP contribution in [0, 0.1) is 0 Å². The molecule has 3 heteroatoms. The van der Waals surface area contributed by atoms with Gasteiger partial charge in [-0.1, -0.05) is 0 Å². The van der Waals surface area contributed by atoms with Crippen molar-refractivity contribution in [2.45, 2.75) is 25.4 Å². The molecule has 0 aromatic carbocycles. The zero-order valence-electron chi connectivity index (χ0n) is 7.75. The fraction of sp³-hybridized carbons (Fsp3) is 1.00. The normalized spacial score (nSPS) is 38.8. The number of ether oxygens (including phenoxy) is 1. The molecular weight excluding hydrogens is 152 g/mol. The van der Waals surface area contributed by atoms with Crippen LogP contribution in [0.25, 0.3) is 0 Å². The van der Waals surface area contributed by atoms with Gasteiger partial charge in [0, 0.05) is 25.2 Å². The molecule has 0 aromatic heterocycles. The summed E-state index contributed by atoms with van der Waals surface area (Å²) in [6.07, 6.45) is 1.31. The van der Waals surface area contributed by atoms with Crippen LogP contribution in [-0.2, 0) is 4.74 Å². The average Bonchev–Trinajstić information content (AvgIpc) is 2.53. The van der Waals surface area contributed by atoms with Crippen molar-refractivity contribution in [1.82, 2.24) is 10.2 Å². The number of nitrogens with one attached hydrogen (secondary N) is 1. The highest BCUT2D eigenvalue weighted by molar-refractivity contribution is 4.88. The Hall–Kier alpha value is -0.120. The first-order chi connectivity index (χ1) is 5.88. The van der Waals surface area contributed by atoms with Crippen LogP contribution in [0.15, 0.2) is 0 Å². The molecule has 3 nitrogen and oxygen atoms in total. The Morgan fingerprint density at radius 3 is 2.67 bits per heavy atom. The lowest BCUT2D eigenvalue weighted by Gasteiger charge is -2.34. The van der Waals surface area contributed by atoms with E-state index in [1.165, 1.54) is 13.0 Å². The van der Waals surface area contributed by atoms with Gasteiger partial charge in [-0.2, -0.15) is 0 Å². The van der Waals surface area contributed by atoms with Crippen LogP contribution in [-0.4, -0.2) is 49.8 Å². The maximum atomic E-state index is 5.33. The Balaban J connectivity index is 1.89. The monoisotopic (exact) mass is 170 g/mol. The highest BCUT2D eigenvalue weighted by atomic mass is 16.5. The Kier molecular flexibility index (Phi) is 2.63. The largest absolute Gasteiger partial charge is 0.379 e. The Morgan fingerprint density at radius 1 is 1.33 bits per heavy atom. The minimum absolute atomic E-state index is 0.670. The van der Waals surface area contributed by atoms with Gasteiger partial charge in [-0.25, -0.2) is 0 Å². The van der Waals surface area contributed by atoms with Crippen LogP contribution in [0.1, 0.15) is 13.3 Å². The van der Waals surface area contributed by atoms with Crippen LogP contribution in [0.3, 0.4) is 0 Å². The van der Waals surface area contributed by atoms with Crippen molar-refractivity contribution in [3.63, 3.8) is 0 Å². The summed E-state index contributed by atoms with van der Waals surface area (Å²) >= 11 is 0. The molecule has 0 aromatic rings. The fourth-order valence-corrected chi connectivity index (χ4v) is 2.25. The van der Waals surface area contributed by atoms with Crippen molar-refractivity contribution in [1.29, 1.82) is 0 Å². The highest BCUT2D eigenvalue weighted by Crippen LogP contribution is 2.15. The third-order valence-electron chi connectivity index (χ3n) is 3.00. The number of nitrogens with zero attached hydrogens (tertiary/aromatic N) is 1. The maximum Gasteiger partial charge on any atom is 0.0594 e. The highest BCUT2D eigenvalue weighted by Gasteiger charge is 2.29. The standard InChI is InChI=1S/C9H18N2O/c1-8-9(2-3-10-8)11-4-6-12-7-5-11/h8-10H,2-7H2,1H3/t8-,9+/m1/s1. The first-order valence-corrected chi connectivity index (χ1v) is 4.93. The molecule has 2 heterocycles. The number of hydrogen-bond donors (Lipinski definition) is 1. The second-order valence-corrected chi connectivity index (χ2v) is 3.75. The third-order valence-corrected chi connectivity index (χ3v) is 3.00. The van der Waals surface area contributed by atoms with E-state index in [2.05, 4.69) is 17.1 Å². The Labute approximate surface area is 74.1 Å². The Morgan fingerprint density at radius 2 is 2.08 bits per heavy atom. The van der Waals surface area contributed by atoms with E-state index in [4.69, 9.17) is 4.74 Å². The van der Waals surface area contributed by atoms with Gasteiger partial charge in [0.2, 0.25) is 0 Å². The molecule has 0 aliphatic carbocycles. The summed E-state index contributed by atoms with van der Waals surface area (Å²) in [6, 6.07) is 1.43. The summed E-state index contributed by atoms with van der Waals surface area (Å²) in [5.41, 5.74) is 0. The minimum Gasteiger partial charge on any atom is -0.379 e. The molecule has 1 N–H and O–H groups in total. The molecule has 0 unspecified atom stereocenters. The molecule has 2 aliphatic heterocycles. The number of morpholine rings is 1. The van der Waals surface area contributed by atoms with Gasteiger partial charge in [-0.05, 0) is 19.9 Å². The van der Waals surface area contributed by atoms with Crippen molar-refractivity contribution in [3.8, 4) is 0 Å². The van der Waals surface area contributed by atoms with E-state index in [1.807, 2.05) is 0 Å². The SMILES string of the molecule is C[C@H]1NCC[C@@H]1N1CCOCC1. The number of rotatable bonds is 1. The lowest BCUT2D eigenvalue weighted by atomic mass is 10.1. The predicted octanol–water partition coefficient (Wildman–Crippen LogP) is 0.0690. The van der Waals surface area contributed by atoms with Crippen molar-refractivity contribution in [2.75, 3.05) is 32.8 Å². The van der Waals surface area contributed by atoms with E-state index in [0.29, 0.717) is 6.04 Å². The molecule has 0 saturated carbocycles. The summed E-state index contributed by atoms with van der Waals surface area (Å²) in [6.45, 7) is 7.55. The summed E-state index contributed by atoms with van der Waals surface area (Å²) in [7, 11) is 0. The smallest absolute Gasteiger partial charge is 0.0594 e. The van der Waals surface area contributed by atoms with Crippen LogP contribution in [0.2, 0.25) is 0 Å². The molecule has 2 rings (SSSR count). The predicted molar refractivity (Wildman–Crippen MR) is 48.3 cm³/mol. The fourth-order valence-electron chi connectivity index (χ4n) is 2.25. The molecule has 0 spiro atoms. The van der Waals surface area contributed by atoms with Gasteiger partial charge >= 0.3 is 0 Å². The lowest BCUT2D eigenvalue weighted by molar-refractivity contribution is 0.0152. The molecule has 2 aliphatic rings. The van der Waals surface area contributed by atoms with Crippen molar-refractivity contribution >= 4 is 0 Å². The molecule has 0 bridgehead atoms. The molecule has 2 atom stereocenters. The van der Waals surface area contributed by atoms with Crippen LogP contribution in [0.5, 0.6) is 0 Å². The lowest BCUT2D eigenvalue weighted by Crippen LogP contribution is -2.47. The zero-order chi connectivity index (χ0) is 8.39. The summed E-state index contributed by atoms with van der Waals surface area (Å²) < 4.78 is 5.33. The average molecular weight is 170 g/mol. The molecular formula is C9H18N2O. The molecule has 12 heavy (non-hydrogen) atoms. The van der Waals surface area contributed by atoms with E-state index in [0.717, 1.165) is 32.3 Å². The van der Waals surface area contributed by atoms with E-state index < -0.39 is 0 Å². The summed E-state index contributed by atoms with van der Waals surface area (Å²) in [5.74, 6) is 0. The van der Waals surface area contributed by atoms with E-state index in [9.17, 15) is 0 Å². The molecule has 0 amide bonds. The van der Waals surface area contributed by atoms with Crippen molar-refractivity contribution < 1.29 is 4.74 Å². The van der Waals surface area contributed by atoms with Crippen molar-refractivity contribution in [3.05, 3.63) is 0 Å². The molecule has 2 saturated heterocycles. The quantitative estimate of drug-likeness (QED) is 0.602. The topological polar surface area (TPSA) is 24.5 Å². The minimum atomic E-state index is 0.670. The van der Waals surface area contributed by atoms with Gasteiger partial charge in [0.05, 0.1) is 13.2 Å². The second kappa shape index (κ2) is 3.73. The van der Waals surface area contributed by atoms with Gasteiger partial charge in [0.25, 0.3) is 0 Å². The first kappa shape index (κ1) is 8.48. The first-order valence-electron chi connectivity index (χ1n) is 4.93. The van der Waals surface area contributed by atoms with Crippen LogP contribution >= 0.6 is 0 Å². The second-order valence-electron chi connectivity index (χ2n) is 3.75. The van der Waals surface area contributed by atoms with Gasteiger partial charge in [-0.15, -0.1) is 0 Å². The summed E-state index contributed by atoms with van der Waals surface area (Å²) in [4.78, 5) is 2.56. The third kappa shape index (κ3) is 1.63.